The minimum Gasteiger partial charge on any atom is -0.492 e. The number of carbonyl (C=O) groups is 1. The molecule has 0 fully saturated rings. The number of carbonyl (C=O) groups excluding carboxylic acids is 1. The zero-order valence-corrected chi connectivity index (χ0v) is 15.3. The minimum absolute atomic E-state index is 0.249. The number of amides is 1. The molecule has 3 rings (SSSR count). The van der Waals surface area contributed by atoms with Crippen LogP contribution in [-0.2, 0) is 16.4 Å². The summed E-state index contributed by atoms with van der Waals surface area (Å²) in [4.78, 5) is 12.5. The Bertz CT molecular complexity index is 911. The molecule has 0 aliphatic carbocycles. The number of fused-ring (bicyclic) bond motifs is 1. The lowest BCUT2D eigenvalue weighted by molar-refractivity contribution is 0.102. The van der Waals surface area contributed by atoms with E-state index in [0.717, 1.165) is 5.56 Å². The number of rotatable bonds is 6. The van der Waals surface area contributed by atoms with Crippen LogP contribution in [0.1, 0.15) is 15.9 Å². The third-order valence-electron chi connectivity index (χ3n) is 4.09. The first-order valence-electron chi connectivity index (χ1n) is 8.23. The summed E-state index contributed by atoms with van der Waals surface area (Å²) in [6, 6.07) is 12.1. The minimum atomic E-state index is -3.30. The fourth-order valence-corrected chi connectivity index (χ4v) is 3.83. The molecule has 0 radical (unpaired) electrons. The van der Waals surface area contributed by atoms with E-state index in [4.69, 9.17) is 10.5 Å². The number of sulfonamides is 1. The highest BCUT2D eigenvalue weighted by Crippen LogP contribution is 2.31. The van der Waals surface area contributed by atoms with Crippen LogP contribution in [0.25, 0.3) is 0 Å². The summed E-state index contributed by atoms with van der Waals surface area (Å²) in [7, 11) is -3.30. The summed E-state index contributed by atoms with van der Waals surface area (Å²) in [5, 5.41) is 2.82. The predicted molar refractivity (Wildman–Crippen MR) is 101 cm³/mol. The van der Waals surface area contributed by atoms with Gasteiger partial charge in [0, 0.05) is 24.3 Å². The molecular formula is C18H21N3O4S. The van der Waals surface area contributed by atoms with E-state index in [9.17, 15) is 13.2 Å². The van der Waals surface area contributed by atoms with Gasteiger partial charge in [0.2, 0.25) is 10.0 Å². The molecule has 0 atom stereocenters. The van der Waals surface area contributed by atoms with Crippen molar-refractivity contribution in [3.8, 4) is 5.75 Å². The van der Waals surface area contributed by atoms with Crippen molar-refractivity contribution in [1.82, 2.24) is 0 Å². The number of nitrogens with one attached hydrogen (secondary N) is 1. The van der Waals surface area contributed by atoms with Crippen LogP contribution < -0.4 is 20.1 Å². The molecule has 7 nitrogen and oxygen atoms in total. The summed E-state index contributed by atoms with van der Waals surface area (Å²) in [6.45, 7) is 1.28. The van der Waals surface area contributed by atoms with Crippen LogP contribution in [0.4, 0.5) is 11.4 Å². The van der Waals surface area contributed by atoms with Gasteiger partial charge in [0.05, 0.1) is 11.9 Å². The van der Waals surface area contributed by atoms with Crippen LogP contribution in [0.15, 0.2) is 42.5 Å². The Morgan fingerprint density at radius 3 is 2.62 bits per heavy atom. The predicted octanol–water partition coefficient (Wildman–Crippen LogP) is 1.60. The second kappa shape index (κ2) is 7.35. The number of anilines is 2. The number of nitrogens with two attached hydrogens (primary N) is 1. The second-order valence-corrected chi connectivity index (χ2v) is 7.95. The highest BCUT2D eigenvalue weighted by molar-refractivity contribution is 7.92. The van der Waals surface area contributed by atoms with Gasteiger partial charge in [-0.3, -0.25) is 9.10 Å². The van der Waals surface area contributed by atoms with Crippen molar-refractivity contribution in [3.05, 3.63) is 53.6 Å². The molecule has 0 saturated heterocycles. The average Bonchev–Trinajstić information content (AvgIpc) is 3.04. The van der Waals surface area contributed by atoms with Gasteiger partial charge in [-0.2, -0.15) is 0 Å². The van der Waals surface area contributed by atoms with Crippen LogP contribution in [0.5, 0.6) is 5.75 Å². The number of nitrogens with zero attached hydrogens (tertiary/aromatic N) is 1. The zero-order chi connectivity index (χ0) is 18.7. The average molecular weight is 375 g/mol. The summed E-state index contributed by atoms with van der Waals surface area (Å²) in [6.07, 6.45) is 1.78. The second-order valence-electron chi connectivity index (χ2n) is 6.04. The van der Waals surface area contributed by atoms with Crippen molar-refractivity contribution in [2.45, 2.75) is 6.42 Å². The maximum Gasteiger partial charge on any atom is 0.255 e. The number of hydrogen-bond donors (Lipinski definition) is 2. The smallest absolute Gasteiger partial charge is 0.255 e. The number of benzene rings is 2. The van der Waals surface area contributed by atoms with Gasteiger partial charge >= 0.3 is 0 Å². The van der Waals surface area contributed by atoms with Gasteiger partial charge in [0.15, 0.2) is 0 Å². The van der Waals surface area contributed by atoms with Crippen molar-refractivity contribution < 1.29 is 17.9 Å². The summed E-state index contributed by atoms with van der Waals surface area (Å²) >= 11 is 0. The van der Waals surface area contributed by atoms with Crippen LogP contribution in [0.2, 0.25) is 0 Å². The van der Waals surface area contributed by atoms with Crippen molar-refractivity contribution in [3.63, 3.8) is 0 Å². The molecule has 0 spiro atoms. The molecule has 1 heterocycles. The fraction of sp³-hybridized carbons (Fsp3) is 0.278. The highest BCUT2D eigenvalue weighted by atomic mass is 32.2. The van der Waals surface area contributed by atoms with E-state index in [1.54, 1.807) is 42.5 Å². The summed E-state index contributed by atoms with van der Waals surface area (Å²) in [5.41, 5.74) is 8.02. The monoisotopic (exact) mass is 375 g/mol. The van der Waals surface area contributed by atoms with Crippen LogP contribution in [0.3, 0.4) is 0 Å². The Kier molecular flexibility index (Phi) is 5.15. The van der Waals surface area contributed by atoms with E-state index in [1.165, 1.54) is 10.6 Å². The maximum atomic E-state index is 12.5. The number of hydrogen-bond acceptors (Lipinski definition) is 5. The van der Waals surface area contributed by atoms with Gasteiger partial charge in [-0.25, -0.2) is 8.42 Å². The van der Waals surface area contributed by atoms with E-state index in [2.05, 4.69) is 5.32 Å². The molecule has 0 aromatic heterocycles. The molecule has 1 aliphatic rings. The Balaban J connectivity index is 1.71. The Labute approximate surface area is 152 Å². The van der Waals surface area contributed by atoms with Gasteiger partial charge in [-0.1, -0.05) is 0 Å². The van der Waals surface area contributed by atoms with Crippen LogP contribution in [-0.4, -0.2) is 40.3 Å². The first-order valence-corrected chi connectivity index (χ1v) is 10.1. The summed E-state index contributed by atoms with van der Waals surface area (Å²) in [5.74, 6) is 0.438. The molecule has 0 saturated carbocycles. The summed E-state index contributed by atoms with van der Waals surface area (Å²) < 4.78 is 30.3. The molecule has 2 aromatic carbocycles. The third kappa shape index (κ3) is 3.97. The highest BCUT2D eigenvalue weighted by Gasteiger charge is 2.26. The van der Waals surface area contributed by atoms with Gasteiger partial charge in [-0.05, 0) is 54.4 Å². The molecular weight excluding hydrogens is 354 g/mol. The molecule has 3 N–H and O–H groups in total. The van der Waals surface area contributed by atoms with Crippen LogP contribution in [0, 0.1) is 0 Å². The lowest BCUT2D eigenvalue weighted by atomic mass is 10.1. The lowest BCUT2D eigenvalue weighted by Gasteiger charge is -2.16. The van der Waals surface area contributed by atoms with Crippen molar-refractivity contribution in [2.75, 3.05) is 35.6 Å². The molecule has 8 heteroatoms. The lowest BCUT2D eigenvalue weighted by Crippen LogP contribution is -2.27. The first kappa shape index (κ1) is 18.2. The van der Waals surface area contributed by atoms with Crippen molar-refractivity contribution in [2.24, 2.45) is 5.73 Å². The molecule has 26 heavy (non-hydrogen) atoms. The van der Waals surface area contributed by atoms with Gasteiger partial charge in [-0.15, -0.1) is 0 Å². The van der Waals surface area contributed by atoms with E-state index in [0.29, 0.717) is 48.8 Å². The first-order chi connectivity index (χ1) is 12.4. The Morgan fingerprint density at radius 1 is 1.23 bits per heavy atom. The topological polar surface area (TPSA) is 102 Å². The van der Waals surface area contributed by atoms with E-state index in [-0.39, 0.29) is 5.91 Å². The number of ether oxygens (including phenoxy) is 1. The van der Waals surface area contributed by atoms with Crippen LogP contribution >= 0.6 is 0 Å². The third-order valence-corrected chi connectivity index (χ3v) is 5.27. The maximum absolute atomic E-state index is 12.5. The zero-order valence-electron chi connectivity index (χ0n) is 14.4. The fourth-order valence-electron chi connectivity index (χ4n) is 2.87. The molecule has 1 aliphatic heterocycles. The molecule has 0 unspecified atom stereocenters. The Hall–Kier alpha value is -2.58. The standard InChI is InChI=1S/C18H21N3O4S/c1-26(23,24)21-10-8-13-12-14(2-7-17(13)21)18(22)20-15-3-5-16(6-4-15)25-11-9-19/h2-7,12H,8-11,19H2,1H3,(H,20,22). The molecule has 138 valence electrons. The molecule has 2 aromatic rings. The largest absolute Gasteiger partial charge is 0.492 e. The van der Waals surface area contributed by atoms with Gasteiger partial charge in [0.25, 0.3) is 5.91 Å². The Morgan fingerprint density at radius 2 is 1.96 bits per heavy atom. The van der Waals surface area contributed by atoms with Crippen molar-refractivity contribution in [1.29, 1.82) is 0 Å². The van der Waals surface area contributed by atoms with Gasteiger partial charge in [0.1, 0.15) is 12.4 Å². The molecule has 0 bridgehead atoms. The molecule has 1 amide bonds. The van der Waals surface area contributed by atoms with Crippen molar-refractivity contribution >= 4 is 27.3 Å². The van der Waals surface area contributed by atoms with Gasteiger partial charge < -0.3 is 15.8 Å². The normalized spacial score (nSPS) is 13.4. The van der Waals surface area contributed by atoms with E-state index in [1.807, 2.05) is 0 Å². The quantitative estimate of drug-likeness (QED) is 0.798. The SMILES string of the molecule is CS(=O)(=O)N1CCc2cc(C(=O)Nc3ccc(OCCN)cc3)ccc21. The van der Waals surface area contributed by atoms with E-state index < -0.39 is 10.0 Å². The van der Waals surface area contributed by atoms with E-state index >= 15 is 0 Å².